The number of fused-ring (bicyclic) bond motifs is 1. The van der Waals surface area contributed by atoms with Gasteiger partial charge in [-0.2, -0.15) is 0 Å². The molecular weight excluding hydrogens is 180 g/mol. The Balaban J connectivity index is 2.45. The zero-order chi connectivity index (χ0) is 9.97. The Morgan fingerprint density at radius 1 is 1.29 bits per heavy atom. The molecule has 0 saturated carbocycles. The molecule has 3 N–H and O–H groups in total. The topological polar surface area (TPSA) is 57.4 Å². The minimum Gasteiger partial charge on any atom is -0.506 e. The van der Waals surface area contributed by atoms with E-state index in [9.17, 15) is 5.11 Å². The zero-order valence-electron chi connectivity index (χ0n) is 7.64. The summed E-state index contributed by atoms with van der Waals surface area (Å²) in [6.07, 6.45) is 1.82. The average Bonchev–Trinajstić information content (AvgIpc) is 2.59. The molecule has 0 radical (unpaired) electrons. The summed E-state index contributed by atoms with van der Waals surface area (Å²) in [5, 5.41) is 19.3. The minimum atomic E-state index is 0.0628. The number of hydrogen-bond donors (Lipinski definition) is 3. The lowest BCUT2D eigenvalue weighted by molar-refractivity contribution is 0.307. The van der Waals surface area contributed by atoms with Crippen molar-refractivity contribution in [3.8, 4) is 5.75 Å². The molecule has 1 aromatic carbocycles. The number of rotatable bonds is 3. The van der Waals surface area contributed by atoms with E-state index in [1.54, 1.807) is 16.8 Å². The van der Waals surface area contributed by atoms with E-state index in [0.717, 1.165) is 10.9 Å². The highest BCUT2D eigenvalue weighted by atomic mass is 16.3. The van der Waals surface area contributed by atoms with Gasteiger partial charge in [0.05, 0.1) is 13.2 Å². The van der Waals surface area contributed by atoms with Crippen molar-refractivity contribution >= 4 is 10.9 Å². The molecule has 74 valence electrons. The highest BCUT2D eigenvalue weighted by molar-refractivity contribution is 5.85. The van der Waals surface area contributed by atoms with E-state index in [1.165, 1.54) is 0 Å². The van der Waals surface area contributed by atoms with Crippen LogP contribution in [0.1, 0.15) is 0 Å². The largest absolute Gasteiger partial charge is 0.506 e. The minimum absolute atomic E-state index is 0.0628. The van der Waals surface area contributed by atoms with Crippen LogP contribution in [0.3, 0.4) is 0 Å². The summed E-state index contributed by atoms with van der Waals surface area (Å²) in [6, 6.07) is 7.26. The lowest BCUT2D eigenvalue weighted by Crippen LogP contribution is -2.17. The van der Waals surface area contributed by atoms with Crippen LogP contribution in [0, 0.1) is 0 Å². The van der Waals surface area contributed by atoms with Crippen molar-refractivity contribution < 1.29 is 10.2 Å². The van der Waals surface area contributed by atoms with Crippen LogP contribution in [0.25, 0.3) is 10.9 Å². The molecule has 4 nitrogen and oxygen atoms in total. The smallest absolute Gasteiger partial charge is 0.141 e. The number of hydrogen-bond acceptors (Lipinski definition) is 3. The Morgan fingerprint density at radius 2 is 2.14 bits per heavy atom. The maximum atomic E-state index is 9.62. The summed E-state index contributed by atoms with van der Waals surface area (Å²) in [6.45, 7) is 0.519. The fraction of sp³-hybridized carbons (Fsp3) is 0.200. The predicted molar refractivity (Wildman–Crippen MR) is 54.9 cm³/mol. The highest BCUT2D eigenvalue weighted by Gasteiger charge is 2.03. The quantitative estimate of drug-likeness (QED) is 0.676. The number of aliphatic hydroxyl groups excluding tert-OH is 1. The van der Waals surface area contributed by atoms with Gasteiger partial charge in [-0.1, -0.05) is 12.1 Å². The van der Waals surface area contributed by atoms with Gasteiger partial charge in [-0.25, -0.2) is 0 Å². The number of phenolic OH excluding ortho intramolecular Hbond substituents is 1. The fourth-order valence-electron chi connectivity index (χ4n) is 1.48. The van der Waals surface area contributed by atoms with Crippen molar-refractivity contribution in [2.45, 2.75) is 0 Å². The maximum Gasteiger partial charge on any atom is 0.141 e. The number of aliphatic hydroxyl groups is 1. The molecule has 14 heavy (non-hydrogen) atoms. The molecule has 0 aliphatic heterocycles. The van der Waals surface area contributed by atoms with Crippen molar-refractivity contribution in [2.24, 2.45) is 0 Å². The summed E-state index contributed by atoms with van der Waals surface area (Å²) in [5.74, 6) is 0.234. The second-order valence-corrected chi connectivity index (χ2v) is 3.03. The molecule has 0 unspecified atom stereocenters. The molecule has 0 saturated heterocycles. The number of benzene rings is 1. The number of para-hydroxylation sites is 1. The van der Waals surface area contributed by atoms with Crippen LogP contribution in [0.15, 0.2) is 30.5 Å². The van der Waals surface area contributed by atoms with Crippen LogP contribution >= 0.6 is 0 Å². The normalized spacial score (nSPS) is 10.6. The third kappa shape index (κ3) is 1.40. The first kappa shape index (κ1) is 8.90. The zero-order valence-corrected chi connectivity index (χ0v) is 7.64. The van der Waals surface area contributed by atoms with E-state index < -0.39 is 0 Å². The van der Waals surface area contributed by atoms with Gasteiger partial charge in [-0.05, 0) is 12.1 Å². The molecule has 0 atom stereocenters. The Kier molecular flexibility index (Phi) is 2.28. The van der Waals surface area contributed by atoms with Crippen LogP contribution in [0.4, 0.5) is 0 Å². The average molecular weight is 192 g/mol. The molecule has 0 aliphatic rings. The summed E-state index contributed by atoms with van der Waals surface area (Å²) in [5.41, 5.74) is 3.70. The Labute approximate surface area is 81.4 Å². The molecule has 4 heteroatoms. The molecule has 0 fully saturated rings. The maximum absolute atomic E-state index is 9.62. The standard InChI is InChI=1S/C10H12N2O2/c13-7-5-11-12-6-4-8-2-1-3-9(14)10(8)12/h1-4,6,11,13-14H,5,7H2. The number of aromatic hydroxyl groups is 1. The number of aromatic nitrogens is 1. The van der Waals surface area contributed by atoms with Crippen molar-refractivity contribution in [1.82, 2.24) is 4.68 Å². The van der Waals surface area contributed by atoms with Crippen LogP contribution in [-0.2, 0) is 0 Å². The van der Waals surface area contributed by atoms with E-state index in [2.05, 4.69) is 5.43 Å². The van der Waals surface area contributed by atoms with Crippen LogP contribution in [0.2, 0.25) is 0 Å². The van der Waals surface area contributed by atoms with Gasteiger partial charge in [0.1, 0.15) is 11.3 Å². The third-order valence-corrected chi connectivity index (χ3v) is 2.08. The molecule has 1 heterocycles. The Bertz CT molecular complexity index is 437. The molecule has 0 bridgehead atoms. The summed E-state index contributed by atoms with van der Waals surface area (Å²) >= 11 is 0. The van der Waals surface area contributed by atoms with Crippen LogP contribution < -0.4 is 5.43 Å². The lowest BCUT2D eigenvalue weighted by atomic mass is 10.2. The van der Waals surface area contributed by atoms with Gasteiger partial charge in [0.15, 0.2) is 0 Å². The van der Waals surface area contributed by atoms with Gasteiger partial charge in [0, 0.05) is 11.6 Å². The highest BCUT2D eigenvalue weighted by Crippen LogP contribution is 2.24. The molecule has 0 spiro atoms. The Morgan fingerprint density at radius 3 is 2.93 bits per heavy atom. The molecule has 2 aromatic rings. The number of nitrogens with one attached hydrogen (secondary N) is 1. The van der Waals surface area contributed by atoms with E-state index in [1.807, 2.05) is 18.3 Å². The first-order valence-electron chi connectivity index (χ1n) is 4.46. The molecule has 0 amide bonds. The van der Waals surface area contributed by atoms with Crippen LogP contribution in [0.5, 0.6) is 5.75 Å². The third-order valence-electron chi connectivity index (χ3n) is 2.08. The first-order chi connectivity index (χ1) is 6.83. The van der Waals surface area contributed by atoms with Crippen molar-refractivity contribution in [3.63, 3.8) is 0 Å². The summed E-state index contributed by atoms with van der Waals surface area (Å²) < 4.78 is 1.71. The van der Waals surface area contributed by atoms with Gasteiger partial charge in [-0.15, -0.1) is 0 Å². The predicted octanol–water partition coefficient (Wildman–Crippen LogP) is 0.883. The van der Waals surface area contributed by atoms with Gasteiger partial charge in [0.25, 0.3) is 0 Å². The molecule has 2 rings (SSSR count). The molecular formula is C10H12N2O2. The van der Waals surface area contributed by atoms with E-state index in [4.69, 9.17) is 5.11 Å². The lowest BCUT2D eigenvalue weighted by Gasteiger charge is -2.08. The van der Waals surface area contributed by atoms with Gasteiger partial charge in [0.2, 0.25) is 0 Å². The van der Waals surface area contributed by atoms with Crippen LogP contribution in [-0.4, -0.2) is 28.0 Å². The monoisotopic (exact) mass is 192 g/mol. The van der Waals surface area contributed by atoms with E-state index in [0.29, 0.717) is 6.54 Å². The second-order valence-electron chi connectivity index (χ2n) is 3.03. The van der Waals surface area contributed by atoms with Crippen molar-refractivity contribution in [1.29, 1.82) is 0 Å². The summed E-state index contributed by atoms with van der Waals surface area (Å²) in [7, 11) is 0. The SMILES string of the molecule is OCCNn1ccc2cccc(O)c21. The Hall–Kier alpha value is -1.68. The summed E-state index contributed by atoms with van der Waals surface area (Å²) in [4.78, 5) is 0. The first-order valence-corrected chi connectivity index (χ1v) is 4.46. The molecule has 0 aliphatic carbocycles. The van der Waals surface area contributed by atoms with Gasteiger partial charge in [-0.3, -0.25) is 4.68 Å². The number of phenols is 1. The van der Waals surface area contributed by atoms with Gasteiger partial charge < -0.3 is 15.6 Å². The van der Waals surface area contributed by atoms with Crippen molar-refractivity contribution in [3.05, 3.63) is 30.5 Å². The second kappa shape index (κ2) is 3.59. The van der Waals surface area contributed by atoms with E-state index >= 15 is 0 Å². The van der Waals surface area contributed by atoms with Gasteiger partial charge >= 0.3 is 0 Å². The fourth-order valence-corrected chi connectivity index (χ4v) is 1.48. The molecule has 1 aromatic heterocycles. The van der Waals surface area contributed by atoms with Crippen molar-refractivity contribution in [2.75, 3.05) is 18.6 Å². The van der Waals surface area contributed by atoms with E-state index in [-0.39, 0.29) is 12.4 Å². The number of nitrogens with zero attached hydrogens (tertiary/aromatic N) is 1.